The number of carbonyl (C=O) groups is 7. The summed E-state index contributed by atoms with van der Waals surface area (Å²) in [6.45, 7) is 7.40. The van der Waals surface area contributed by atoms with Gasteiger partial charge in [-0.3, -0.25) is 48.9 Å². The van der Waals surface area contributed by atoms with Gasteiger partial charge in [-0.15, -0.1) is 10.2 Å². The molecule has 4 N–H and O–H groups in total. The Morgan fingerprint density at radius 2 is 1.58 bits per heavy atom. The van der Waals surface area contributed by atoms with Gasteiger partial charge < -0.3 is 29.5 Å². The minimum Gasteiger partial charge on any atom is -0.508 e. The zero-order valence-corrected chi connectivity index (χ0v) is 36.5. The van der Waals surface area contributed by atoms with Crippen molar-refractivity contribution in [3.63, 3.8) is 0 Å². The Balaban J connectivity index is 0.920. The Morgan fingerprint density at radius 3 is 2.26 bits per heavy atom. The Labute approximate surface area is 377 Å². The number of ether oxygens (including phenoxy) is 2. The highest BCUT2D eigenvalue weighted by molar-refractivity contribution is 6.26. The van der Waals surface area contributed by atoms with Crippen molar-refractivity contribution in [1.29, 1.82) is 0 Å². The zero-order valence-electron chi connectivity index (χ0n) is 36.5. The molecule has 0 saturated carbocycles. The summed E-state index contributed by atoms with van der Waals surface area (Å²) in [6.07, 6.45) is -0.216. The third kappa shape index (κ3) is 8.37. The van der Waals surface area contributed by atoms with Gasteiger partial charge in [0.2, 0.25) is 23.4 Å². The van der Waals surface area contributed by atoms with Gasteiger partial charge in [0.05, 0.1) is 29.5 Å². The van der Waals surface area contributed by atoms with Gasteiger partial charge in [0, 0.05) is 68.1 Å². The molecule has 4 heterocycles. The number of fused-ring (bicyclic) bond motifs is 1. The molecule has 2 saturated heterocycles. The smallest absolute Gasteiger partial charge is 0.417 e. The third-order valence-corrected chi connectivity index (χ3v) is 11.8. The van der Waals surface area contributed by atoms with Crippen LogP contribution in [0, 0.1) is 0 Å². The molecular weight excluding hydrogens is 853 g/mol. The second kappa shape index (κ2) is 18.2. The summed E-state index contributed by atoms with van der Waals surface area (Å²) >= 11 is 0. The fourth-order valence-corrected chi connectivity index (χ4v) is 8.35. The predicted octanol–water partition coefficient (Wildman–Crippen LogP) is 5.43. The lowest BCUT2D eigenvalue weighted by Crippen LogP contribution is -2.54. The number of amides is 6. The molecule has 2 fully saturated rings. The monoisotopic (exact) mass is 898 g/mol. The average Bonchev–Trinajstić information content (AvgIpc) is 3.85. The lowest BCUT2D eigenvalue weighted by Gasteiger charge is -2.36. The van der Waals surface area contributed by atoms with Crippen molar-refractivity contribution in [3.05, 3.63) is 101 Å². The molecular formula is C47H46N8O11. The lowest BCUT2D eigenvalue weighted by atomic mass is 9.98. The number of phenols is 2. The first kappa shape index (κ1) is 44.5. The van der Waals surface area contributed by atoms with Crippen LogP contribution in [0.15, 0.2) is 72.8 Å². The molecule has 19 heteroatoms. The van der Waals surface area contributed by atoms with Crippen molar-refractivity contribution >= 4 is 52.8 Å². The first-order valence-corrected chi connectivity index (χ1v) is 21.4. The standard InChI is InChI=1S/C47H46N8O11/c1-5-7-34(56)42-51-50-41(31-23-30(25(2)3)35(57)24-36(31)58)54(42)27-12-10-26(11-13-27)44(61)53-20-18-52(19-21-53)28-14-16-37(38(22-28)65-4)66-47(64)48-32-9-6-8-29-40(32)46(63)55(45(29)62)33-15-17-39(59)49-43(33)60/h6,8-14,16,22-25,33,57-58H,5,7,15,17-21H2,1-4H3,(H,48,64)(H,49,59,60). The molecule has 1 aromatic heterocycles. The largest absolute Gasteiger partial charge is 0.508 e. The summed E-state index contributed by atoms with van der Waals surface area (Å²) in [6, 6.07) is 17.7. The highest BCUT2D eigenvalue weighted by Crippen LogP contribution is 2.39. The number of benzene rings is 4. The van der Waals surface area contributed by atoms with Gasteiger partial charge >= 0.3 is 6.09 Å². The minimum absolute atomic E-state index is 0.00537. The lowest BCUT2D eigenvalue weighted by molar-refractivity contribution is -0.136. The molecule has 0 aliphatic carbocycles. The molecule has 3 aliphatic rings. The quantitative estimate of drug-likeness (QED) is 0.0902. The van der Waals surface area contributed by atoms with E-state index in [2.05, 4.69) is 25.7 Å². The van der Waals surface area contributed by atoms with Crippen LogP contribution in [0.5, 0.6) is 23.0 Å². The third-order valence-electron chi connectivity index (χ3n) is 11.8. The zero-order chi connectivity index (χ0) is 47.0. The van der Waals surface area contributed by atoms with Gasteiger partial charge in [-0.05, 0) is 78.9 Å². The normalized spacial score (nSPS) is 16.1. The number of piperidine rings is 1. The van der Waals surface area contributed by atoms with E-state index in [-0.39, 0.29) is 93.9 Å². The second-order valence-corrected chi connectivity index (χ2v) is 16.3. The van der Waals surface area contributed by atoms with E-state index >= 15 is 0 Å². The van der Waals surface area contributed by atoms with Gasteiger partial charge in [0.1, 0.15) is 17.5 Å². The number of nitrogens with zero attached hydrogens (tertiary/aromatic N) is 6. The van der Waals surface area contributed by atoms with Crippen LogP contribution in [0.3, 0.4) is 0 Å². The highest BCUT2D eigenvalue weighted by Gasteiger charge is 2.46. The number of imide groups is 2. The molecule has 340 valence electrons. The van der Waals surface area contributed by atoms with Crippen LogP contribution < -0.4 is 25.0 Å². The Hall–Kier alpha value is -8.09. The molecule has 5 aromatic rings. The number of anilines is 2. The minimum atomic E-state index is -1.17. The summed E-state index contributed by atoms with van der Waals surface area (Å²) in [5.41, 5.74) is 2.42. The van der Waals surface area contributed by atoms with E-state index in [1.54, 1.807) is 58.0 Å². The number of rotatable bonds is 12. The number of hydrogen-bond donors (Lipinski definition) is 4. The second-order valence-electron chi connectivity index (χ2n) is 16.3. The van der Waals surface area contributed by atoms with E-state index in [9.17, 15) is 43.8 Å². The predicted molar refractivity (Wildman–Crippen MR) is 237 cm³/mol. The van der Waals surface area contributed by atoms with E-state index in [1.807, 2.05) is 20.8 Å². The molecule has 0 bridgehead atoms. The molecule has 1 unspecified atom stereocenters. The molecule has 3 aliphatic heterocycles. The Morgan fingerprint density at radius 1 is 0.848 bits per heavy atom. The maximum atomic E-state index is 13.8. The van der Waals surface area contributed by atoms with Crippen LogP contribution in [-0.2, 0) is 9.59 Å². The van der Waals surface area contributed by atoms with Crippen molar-refractivity contribution in [3.8, 4) is 40.1 Å². The van der Waals surface area contributed by atoms with Gasteiger partial charge in [-0.2, -0.15) is 0 Å². The first-order chi connectivity index (χ1) is 31.7. The maximum absolute atomic E-state index is 13.8. The number of piperazine rings is 1. The average molecular weight is 899 g/mol. The molecule has 8 rings (SSSR count). The fraction of sp³-hybridized carbons (Fsp3) is 0.298. The molecule has 4 aromatic carbocycles. The molecule has 19 nitrogen and oxygen atoms in total. The summed E-state index contributed by atoms with van der Waals surface area (Å²) < 4.78 is 12.7. The molecule has 6 amide bonds. The number of phenolic OH excluding ortho intramolecular Hbond substituents is 2. The van der Waals surface area contributed by atoms with Crippen LogP contribution >= 0.6 is 0 Å². The van der Waals surface area contributed by atoms with E-state index in [4.69, 9.17) is 9.47 Å². The van der Waals surface area contributed by atoms with Crippen LogP contribution in [0.4, 0.5) is 16.2 Å². The van der Waals surface area contributed by atoms with E-state index < -0.39 is 35.8 Å². The van der Waals surface area contributed by atoms with Gasteiger partial charge in [-0.1, -0.05) is 26.8 Å². The highest BCUT2D eigenvalue weighted by atomic mass is 16.6. The van der Waals surface area contributed by atoms with Gasteiger partial charge in [0.25, 0.3) is 17.7 Å². The number of carbonyl (C=O) groups excluding carboxylic acids is 7. The molecule has 1 atom stereocenters. The number of methoxy groups -OCH3 is 1. The van der Waals surface area contributed by atoms with Crippen LogP contribution in [0.25, 0.3) is 17.1 Å². The summed E-state index contributed by atoms with van der Waals surface area (Å²) in [7, 11) is 1.41. The van der Waals surface area contributed by atoms with Crippen molar-refractivity contribution < 1.29 is 53.2 Å². The Bertz CT molecular complexity index is 2810. The van der Waals surface area contributed by atoms with Gasteiger partial charge in [-0.25, -0.2) is 4.79 Å². The summed E-state index contributed by atoms with van der Waals surface area (Å²) in [4.78, 5) is 95.7. The van der Waals surface area contributed by atoms with Crippen molar-refractivity contribution in [2.24, 2.45) is 0 Å². The number of hydrogen-bond acceptors (Lipinski definition) is 14. The maximum Gasteiger partial charge on any atom is 0.417 e. The van der Waals surface area contributed by atoms with E-state index in [0.29, 0.717) is 49.4 Å². The number of aromatic hydroxyl groups is 2. The van der Waals surface area contributed by atoms with E-state index in [0.717, 1.165) is 10.6 Å². The summed E-state index contributed by atoms with van der Waals surface area (Å²) in [5.74, 6) is -2.98. The number of Topliss-reactive ketones (excluding diaryl/α,β-unsaturated/α-hetero) is 1. The SMILES string of the molecule is CCCC(=O)c1nnc(-c2cc(C(C)C)c(O)cc2O)n1-c1ccc(C(=O)N2CCN(c3ccc(OC(=O)Nc4cccc5c4C(=O)N(C4CCC(=O)NC4=O)C5=O)c(OC)c3)CC2)cc1. The van der Waals surface area contributed by atoms with E-state index in [1.165, 1.54) is 31.4 Å². The van der Waals surface area contributed by atoms with Crippen LogP contribution in [0.2, 0.25) is 0 Å². The van der Waals surface area contributed by atoms with Crippen LogP contribution in [0.1, 0.15) is 99.6 Å². The van der Waals surface area contributed by atoms with Gasteiger partial charge in [0.15, 0.2) is 17.3 Å². The molecule has 66 heavy (non-hydrogen) atoms. The number of ketones is 1. The van der Waals surface area contributed by atoms with Crippen molar-refractivity contribution in [2.75, 3.05) is 43.5 Å². The topological polar surface area (TPSA) is 243 Å². The molecule has 0 spiro atoms. The molecule has 0 radical (unpaired) electrons. The summed E-state index contributed by atoms with van der Waals surface area (Å²) in [5, 5.41) is 34.5. The fourth-order valence-electron chi connectivity index (χ4n) is 8.35. The number of nitrogens with one attached hydrogen (secondary N) is 2. The number of aromatic nitrogens is 3. The first-order valence-electron chi connectivity index (χ1n) is 21.4. The van der Waals surface area contributed by atoms with Crippen molar-refractivity contribution in [2.45, 2.75) is 58.4 Å². The van der Waals surface area contributed by atoms with Crippen LogP contribution in [-0.4, -0.2) is 116 Å². The Kier molecular flexibility index (Phi) is 12.3. The van der Waals surface area contributed by atoms with Crippen molar-refractivity contribution in [1.82, 2.24) is 29.9 Å².